The number of hydrogen-bond acceptors (Lipinski definition) is 3. The molecule has 2 aromatic carbocycles. The molecule has 0 bridgehead atoms. The summed E-state index contributed by atoms with van der Waals surface area (Å²) in [4.78, 5) is 12.1. The Labute approximate surface area is 158 Å². The van der Waals surface area contributed by atoms with Gasteiger partial charge in [-0.1, -0.05) is 18.2 Å². The Hall–Kier alpha value is -3.49. The summed E-state index contributed by atoms with van der Waals surface area (Å²) in [7, 11) is 0. The maximum absolute atomic E-state index is 12.2. The van der Waals surface area contributed by atoms with Crippen molar-refractivity contribution in [3.05, 3.63) is 72.6 Å². The fraction of sp³-hybridized carbons (Fsp3) is 0.158. The Kier molecular flexibility index (Phi) is 5.83. The fourth-order valence-electron chi connectivity index (χ4n) is 2.42. The molecule has 28 heavy (non-hydrogen) atoms. The van der Waals surface area contributed by atoms with Crippen LogP contribution in [0.4, 0.5) is 23.7 Å². The number of carbonyl (C=O) groups excluding carboxylic acids is 1. The van der Waals surface area contributed by atoms with Gasteiger partial charge in [0.15, 0.2) is 6.61 Å². The predicted octanol–water partition coefficient (Wildman–Crippen LogP) is 4.14. The molecule has 6 nitrogen and oxygen atoms in total. The minimum atomic E-state index is -4.40. The molecule has 2 amide bonds. The van der Waals surface area contributed by atoms with Gasteiger partial charge in [-0.15, -0.1) is 0 Å². The Bertz CT molecular complexity index is 927. The number of rotatable bonds is 6. The van der Waals surface area contributed by atoms with Gasteiger partial charge in [0.25, 0.3) is 0 Å². The van der Waals surface area contributed by atoms with Crippen molar-refractivity contribution in [2.75, 3.05) is 11.9 Å². The third-order valence-corrected chi connectivity index (χ3v) is 3.63. The average molecular weight is 390 g/mol. The molecular formula is C19H17F3N4O2. The molecule has 0 atom stereocenters. The van der Waals surface area contributed by atoms with Gasteiger partial charge in [0.2, 0.25) is 0 Å². The number of carbonyl (C=O) groups is 1. The minimum Gasteiger partial charge on any atom is -0.484 e. The Morgan fingerprint density at radius 1 is 1.11 bits per heavy atom. The third-order valence-electron chi connectivity index (χ3n) is 3.63. The Balaban J connectivity index is 1.54. The highest BCUT2D eigenvalue weighted by Crippen LogP contribution is 2.19. The van der Waals surface area contributed by atoms with Gasteiger partial charge in [0.1, 0.15) is 5.75 Å². The minimum absolute atomic E-state index is 0.0870. The summed E-state index contributed by atoms with van der Waals surface area (Å²) in [5.41, 5.74) is 1.98. The molecule has 3 aromatic rings. The van der Waals surface area contributed by atoms with Crippen LogP contribution in [0.25, 0.3) is 5.69 Å². The second kappa shape index (κ2) is 8.47. The van der Waals surface area contributed by atoms with Crippen molar-refractivity contribution < 1.29 is 22.7 Å². The molecule has 0 fully saturated rings. The third kappa shape index (κ3) is 5.76. The van der Waals surface area contributed by atoms with Gasteiger partial charge in [-0.3, -0.25) is 0 Å². The number of urea groups is 1. The molecule has 9 heteroatoms. The summed E-state index contributed by atoms with van der Waals surface area (Å²) in [6.45, 7) is -1.23. The number of ether oxygens (including phenoxy) is 1. The van der Waals surface area contributed by atoms with Crippen molar-refractivity contribution in [1.82, 2.24) is 15.1 Å². The molecule has 146 valence electrons. The monoisotopic (exact) mass is 390 g/mol. The fourth-order valence-corrected chi connectivity index (χ4v) is 2.42. The molecule has 0 saturated carbocycles. The van der Waals surface area contributed by atoms with Crippen LogP contribution in [0.15, 0.2) is 67.0 Å². The first-order valence-electron chi connectivity index (χ1n) is 8.32. The molecule has 0 radical (unpaired) electrons. The molecule has 0 aliphatic heterocycles. The average Bonchev–Trinajstić information content (AvgIpc) is 3.20. The van der Waals surface area contributed by atoms with Crippen molar-refractivity contribution in [1.29, 1.82) is 0 Å². The topological polar surface area (TPSA) is 68.2 Å². The van der Waals surface area contributed by atoms with E-state index >= 15 is 0 Å². The number of hydrogen-bond donors (Lipinski definition) is 2. The van der Waals surface area contributed by atoms with E-state index in [4.69, 9.17) is 4.74 Å². The van der Waals surface area contributed by atoms with Crippen LogP contribution in [0.5, 0.6) is 5.75 Å². The quantitative estimate of drug-likeness (QED) is 0.665. The first kappa shape index (κ1) is 19.3. The number of halogens is 3. The van der Waals surface area contributed by atoms with E-state index in [2.05, 4.69) is 15.7 Å². The zero-order valence-electron chi connectivity index (χ0n) is 14.6. The predicted molar refractivity (Wildman–Crippen MR) is 97.4 cm³/mol. The normalized spacial score (nSPS) is 11.1. The van der Waals surface area contributed by atoms with E-state index in [-0.39, 0.29) is 12.3 Å². The zero-order valence-corrected chi connectivity index (χ0v) is 14.6. The SMILES string of the molecule is O=C(NCc1cccc(OCC(F)(F)F)c1)Nc1cccc(-n2cccn2)c1. The van der Waals surface area contributed by atoms with E-state index in [1.54, 1.807) is 53.5 Å². The second-order valence-corrected chi connectivity index (χ2v) is 5.86. The van der Waals surface area contributed by atoms with E-state index in [0.29, 0.717) is 11.3 Å². The smallest absolute Gasteiger partial charge is 0.422 e. The van der Waals surface area contributed by atoms with Crippen LogP contribution < -0.4 is 15.4 Å². The first-order valence-corrected chi connectivity index (χ1v) is 8.32. The van der Waals surface area contributed by atoms with E-state index < -0.39 is 18.8 Å². The van der Waals surface area contributed by atoms with Crippen LogP contribution in [-0.4, -0.2) is 28.6 Å². The van der Waals surface area contributed by atoms with Crippen LogP contribution in [0.2, 0.25) is 0 Å². The number of nitrogens with one attached hydrogen (secondary N) is 2. The lowest BCUT2D eigenvalue weighted by molar-refractivity contribution is -0.153. The molecule has 0 saturated heterocycles. The molecule has 0 spiro atoms. The number of nitrogens with zero attached hydrogens (tertiary/aromatic N) is 2. The summed E-state index contributed by atoms with van der Waals surface area (Å²) in [6.07, 6.45) is -0.967. The lowest BCUT2D eigenvalue weighted by Gasteiger charge is -2.11. The molecule has 0 aliphatic carbocycles. The summed E-state index contributed by atoms with van der Waals surface area (Å²) >= 11 is 0. The van der Waals surface area contributed by atoms with Gasteiger partial charge >= 0.3 is 12.2 Å². The second-order valence-electron chi connectivity index (χ2n) is 5.86. The van der Waals surface area contributed by atoms with E-state index in [1.165, 1.54) is 12.1 Å². The standard InChI is InChI=1S/C19H17F3N4O2/c20-19(21,22)13-28-17-7-1-4-14(10-17)12-23-18(27)25-15-5-2-6-16(11-15)26-9-3-8-24-26/h1-11H,12-13H2,(H2,23,25,27). The summed E-state index contributed by atoms with van der Waals surface area (Å²) in [5.74, 6) is 0.0870. The van der Waals surface area contributed by atoms with Crippen molar-refractivity contribution in [2.45, 2.75) is 12.7 Å². The lowest BCUT2D eigenvalue weighted by Crippen LogP contribution is -2.28. The Morgan fingerprint density at radius 2 is 1.93 bits per heavy atom. The first-order chi connectivity index (χ1) is 13.4. The maximum Gasteiger partial charge on any atom is 0.422 e. The van der Waals surface area contributed by atoms with Gasteiger partial charge in [0.05, 0.1) is 5.69 Å². The molecule has 2 N–H and O–H groups in total. The van der Waals surface area contributed by atoms with Crippen LogP contribution in [0.3, 0.4) is 0 Å². The number of anilines is 1. The van der Waals surface area contributed by atoms with E-state index in [9.17, 15) is 18.0 Å². The summed E-state index contributed by atoms with van der Waals surface area (Å²) < 4.78 is 43.0. The largest absolute Gasteiger partial charge is 0.484 e. The van der Waals surface area contributed by atoms with Crippen LogP contribution in [0.1, 0.15) is 5.56 Å². The highest BCUT2D eigenvalue weighted by atomic mass is 19.4. The molecule has 1 heterocycles. The summed E-state index contributed by atoms with van der Waals surface area (Å²) in [6, 6.07) is 14.6. The van der Waals surface area contributed by atoms with Crippen LogP contribution in [-0.2, 0) is 6.54 Å². The highest BCUT2D eigenvalue weighted by molar-refractivity contribution is 5.89. The van der Waals surface area contributed by atoms with Gasteiger partial charge in [-0.2, -0.15) is 18.3 Å². The van der Waals surface area contributed by atoms with Crippen molar-refractivity contribution in [2.24, 2.45) is 0 Å². The molecular weight excluding hydrogens is 373 g/mol. The number of benzene rings is 2. The van der Waals surface area contributed by atoms with Crippen LogP contribution >= 0.6 is 0 Å². The maximum atomic E-state index is 12.2. The van der Waals surface area contributed by atoms with Crippen molar-refractivity contribution in [3.63, 3.8) is 0 Å². The highest BCUT2D eigenvalue weighted by Gasteiger charge is 2.28. The Morgan fingerprint density at radius 3 is 2.68 bits per heavy atom. The van der Waals surface area contributed by atoms with Crippen LogP contribution in [0, 0.1) is 0 Å². The molecule has 1 aromatic heterocycles. The summed E-state index contributed by atoms with van der Waals surface area (Å²) in [5, 5.41) is 9.48. The lowest BCUT2D eigenvalue weighted by atomic mass is 10.2. The zero-order chi connectivity index (χ0) is 20.0. The number of alkyl halides is 3. The number of amides is 2. The molecule has 0 unspecified atom stereocenters. The van der Waals surface area contributed by atoms with Gasteiger partial charge in [0, 0.05) is 24.6 Å². The van der Waals surface area contributed by atoms with Gasteiger partial charge in [-0.25, -0.2) is 9.48 Å². The molecule has 3 rings (SSSR count). The van der Waals surface area contributed by atoms with Crippen molar-refractivity contribution in [3.8, 4) is 11.4 Å². The number of aromatic nitrogens is 2. The van der Waals surface area contributed by atoms with Gasteiger partial charge < -0.3 is 15.4 Å². The van der Waals surface area contributed by atoms with E-state index in [0.717, 1.165) is 5.69 Å². The van der Waals surface area contributed by atoms with E-state index in [1.807, 2.05) is 6.07 Å². The van der Waals surface area contributed by atoms with Crippen molar-refractivity contribution >= 4 is 11.7 Å². The van der Waals surface area contributed by atoms with Gasteiger partial charge in [-0.05, 0) is 42.0 Å². The molecule has 0 aliphatic rings.